The zero-order valence-corrected chi connectivity index (χ0v) is 12.8. The van der Waals surface area contributed by atoms with Crippen molar-refractivity contribution < 1.29 is 27.9 Å². The van der Waals surface area contributed by atoms with Crippen LogP contribution in [0.3, 0.4) is 0 Å². The third kappa shape index (κ3) is 3.06. The molecule has 1 aromatic rings. The van der Waals surface area contributed by atoms with Crippen LogP contribution in [0.2, 0.25) is 0 Å². The molecule has 0 amide bonds. The molecule has 0 unspecified atom stereocenters. The molecular formula is C11H14N2O6S2. The third-order valence-corrected chi connectivity index (χ3v) is 6.03. The molecule has 0 bridgehead atoms. The summed E-state index contributed by atoms with van der Waals surface area (Å²) >= 11 is 0.855. The van der Waals surface area contributed by atoms with Gasteiger partial charge < -0.3 is 9.84 Å². The highest BCUT2D eigenvalue weighted by atomic mass is 32.2. The van der Waals surface area contributed by atoms with Crippen LogP contribution in [0.15, 0.2) is 10.3 Å². The minimum atomic E-state index is -3.87. The summed E-state index contributed by atoms with van der Waals surface area (Å²) in [5, 5.41) is 10.2. The van der Waals surface area contributed by atoms with Crippen LogP contribution in [-0.4, -0.2) is 54.3 Å². The maximum atomic E-state index is 12.5. The predicted octanol–water partition coefficient (Wildman–Crippen LogP) is 0.415. The average Bonchev–Trinajstić information content (AvgIpc) is 2.96. The molecule has 0 saturated carbocycles. The van der Waals surface area contributed by atoms with E-state index < -0.39 is 27.9 Å². The second kappa shape index (κ2) is 6.08. The van der Waals surface area contributed by atoms with E-state index in [0.717, 1.165) is 18.6 Å². The summed E-state index contributed by atoms with van der Waals surface area (Å²) in [6.07, 6.45) is 0.499. The highest BCUT2D eigenvalue weighted by Gasteiger charge is 2.35. The Labute approximate surface area is 125 Å². The lowest BCUT2D eigenvalue weighted by Crippen LogP contribution is -2.40. The van der Waals surface area contributed by atoms with Gasteiger partial charge in [-0.2, -0.15) is 8.68 Å². The van der Waals surface area contributed by atoms with Crippen molar-refractivity contribution in [2.75, 3.05) is 20.2 Å². The molecule has 21 heavy (non-hydrogen) atoms. The van der Waals surface area contributed by atoms with E-state index in [1.165, 1.54) is 9.69 Å². The van der Waals surface area contributed by atoms with E-state index in [4.69, 9.17) is 5.11 Å². The summed E-state index contributed by atoms with van der Waals surface area (Å²) in [7, 11) is -2.72. The fraction of sp³-hybridized carbons (Fsp3) is 0.545. The SMILES string of the molecule is COC(=O)c1nscc1S(=O)(=O)N1CCC(C(=O)O)CC1. The smallest absolute Gasteiger partial charge is 0.359 e. The number of aromatic nitrogens is 1. The van der Waals surface area contributed by atoms with Gasteiger partial charge in [-0.15, -0.1) is 0 Å². The van der Waals surface area contributed by atoms with Crippen molar-refractivity contribution >= 4 is 33.5 Å². The van der Waals surface area contributed by atoms with Crippen LogP contribution >= 0.6 is 11.5 Å². The molecule has 0 atom stereocenters. The van der Waals surface area contributed by atoms with Gasteiger partial charge in [-0.05, 0) is 24.4 Å². The highest BCUT2D eigenvalue weighted by Crippen LogP contribution is 2.27. The summed E-state index contributed by atoms with van der Waals surface area (Å²) in [5.41, 5.74) is -0.233. The molecule has 1 saturated heterocycles. The summed E-state index contributed by atoms with van der Waals surface area (Å²) in [6.45, 7) is 0.214. The van der Waals surface area contributed by atoms with E-state index in [0.29, 0.717) is 0 Å². The van der Waals surface area contributed by atoms with Gasteiger partial charge in [0, 0.05) is 18.5 Å². The molecule has 1 N–H and O–H groups in total. The minimum absolute atomic E-state index is 0.107. The van der Waals surface area contributed by atoms with E-state index >= 15 is 0 Å². The van der Waals surface area contributed by atoms with Crippen LogP contribution in [-0.2, 0) is 19.6 Å². The molecule has 1 aliphatic heterocycles. The van der Waals surface area contributed by atoms with Crippen molar-refractivity contribution in [3.8, 4) is 0 Å². The lowest BCUT2D eigenvalue weighted by Gasteiger charge is -2.28. The normalized spacial score (nSPS) is 17.6. The molecule has 116 valence electrons. The number of nitrogens with zero attached hydrogens (tertiary/aromatic N) is 2. The zero-order chi connectivity index (χ0) is 15.6. The van der Waals surface area contributed by atoms with Gasteiger partial charge >= 0.3 is 11.9 Å². The monoisotopic (exact) mass is 334 g/mol. The van der Waals surface area contributed by atoms with E-state index in [2.05, 4.69) is 9.11 Å². The van der Waals surface area contributed by atoms with Crippen LogP contribution < -0.4 is 0 Å². The lowest BCUT2D eigenvalue weighted by molar-refractivity contribution is -0.142. The molecule has 0 aromatic carbocycles. The molecular weight excluding hydrogens is 320 g/mol. The van der Waals surface area contributed by atoms with Gasteiger partial charge in [-0.25, -0.2) is 13.2 Å². The third-order valence-electron chi connectivity index (χ3n) is 3.34. The molecule has 10 heteroatoms. The molecule has 1 fully saturated rings. The summed E-state index contributed by atoms with van der Waals surface area (Å²) in [5.74, 6) is -2.26. The summed E-state index contributed by atoms with van der Waals surface area (Å²) in [6, 6.07) is 0. The average molecular weight is 334 g/mol. The molecule has 1 aliphatic rings. The Morgan fingerprint density at radius 1 is 1.43 bits per heavy atom. The number of rotatable bonds is 4. The van der Waals surface area contributed by atoms with Gasteiger partial charge in [-0.1, -0.05) is 0 Å². The van der Waals surface area contributed by atoms with Crippen LogP contribution in [0.5, 0.6) is 0 Å². The highest BCUT2D eigenvalue weighted by molar-refractivity contribution is 7.89. The molecule has 0 aliphatic carbocycles. The van der Waals surface area contributed by atoms with Crippen molar-refractivity contribution in [3.05, 3.63) is 11.1 Å². The number of esters is 1. The van der Waals surface area contributed by atoms with Gasteiger partial charge in [0.1, 0.15) is 4.90 Å². The van der Waals surface area contributed by atoms with Crippen molar-refractivity contribution in [2.45, 2.75) is 17.7 Å². The van der Waals surface area contributed by atoms with Gasteiger partial charge in [0.25, 0.3) is 0 Å². The standard InChI is InChI=1S/C11H14N2O6S2/c1-19-11(16)9-8(6-20-12-9)21(17,18)13-4-2-7(3-5-13)10(14)15/h6-7H,2-5H2,1H3,(H,14,15). The number of carboxylic acids is 1. The number of aliphatic carboxylic acids is 1. The van der Waals surface area contributed by atoms with Crippen molar-refractivity contribution in [1.29, 1.82) is 0 Å². The number of carbonyl (C=O) groups excluding carboxylic acids is 1. The summed E-state index contributed by atoms with van der Waals surface area (Å²) in [4.78, 5) is 22.2. The molecule has 0 radical (unpaired) electrons. The van der Waals surface area contributed by atoms with E-state index in [1.807, 2.05) is 0 Å². The van der Waals surface area contributed by atoms with Crippen LogP contribution in [0.1, 0.15) is 23.3 Å². The Kier molecular flexibility index (Phi) is 4.59. The maximum absolute atomic E-state index is 12.5. The van der Waals surface area contributed by atoms with Gasteiger partial charge in [0.2, 0.25) is 10.0 Å². The molecule has 8 nitrogen and oxygen atoms in total. The van der Waals surface area contributed by atoms with E-state index in [-0.39, 0.29) is 36.5 Å². The molecule has 2 heterocycles. The number of methoxy groups -OCH3 is 1. The molecule has 0 spiro atoms. The Balaban J connectivity index is 2.22. The first-order valence-corrected chi connectivity index (χ1v) is 8.41. The number of hydrogen-bond acceptors (Lipinski definition) is 7. The van der Waals surface area contributed by atoms with Gasteiger partial charge in [0.15, 0.2) is 5.69 Å². The predicted molar refractivity (Wildman–Crippen MR) is 72.6 cm³/mol. The van der Waals surface area contributed by atoms with E-state index in [1.54, 1.807) is 0 Å². The number of carboxylic acid groups (broad SMARTS) is 1. The number of carbonyl (C=O) groups is 2. The lowest BCUT2D eigenvalue weighted by atomic mass is 9.99. The number of hydrogen-bond donors (Lipinski definition) is 1. The van der Waals surface area contributed by atoms with Crippen molar-refractivity contribution in [1.82, 2.24) is 8.68 Å². The second-order valence-corrected chi connectivity index (χ2v) is 7.07. The van der Waals surface area contributed by atoms with Crippen molar-refractivity contribution in [2.24, 2.45) is 5.92 Å². The van der Waals surface area contributed by atoms with Gasteiger partial charge in [-0.3, -0.25) is 4.79 Å². The Morgan fingerprint density at radius 2 is 2.05 bits per heavy atom. The molecule has 1 aromatic heterocycles. The first kappa shape index (κ1) is 15.9. The Bertz CT molecular complexity index is 645. The van der Waals surface area contributed by atoms with Crippen LogP contribution in [0.25, 0.3) is 0 Å². The van der Waals surface area contributed by atoms with Crippen LogP contribution in [0, 0.1) is 5.92 Å². The largest absolute Gasteiger partial charge is 0.481 e. The fourth-order valence-electron chi connectivity index (χ4n) is 2.13. The summed E-state index contributed by atoms with van der Waals surface area (Å²) < 4.78 is 34.5. The van der Waals surface area contributed by atoms with Crippen LogP contribution in [0.4, 0.5) is 0 Å². The zero-order valence-electron chi connectivity index (χ0n) is 11.2. The first-order chi connectivity index (χ1) is 9.87. The topological polar surface area (TPSA) is 114 Å². The van der Waals surface area contributed by atoms with Gasteiger partial charge in [0.05, 0.1) is 13.0 Å². The minimum Gasteiger partial charge on any atom is -0.481 e. The Hall–Kier alpha value is -1.52. The number of ether oxygens (including phenoxy) is 1. The maximum Gasteiger partial charge on any atom is 0.359 e. The van der Waals surface area contributed by atoms with E-state index in [9.17, 15) is 18.0 Å². The molecule has 2 rings (SSSR count). The second-order valence-electron chi connectivity index (χ2n) is 4.54. The quantitative estimate of drug-likeness (QED) is 0.793. The first-order valence-electron chi connectivity index (χ1n) is 6.13. The number of piperidine rings is 1. The van der Waals surface area contributed by atoms with Crippen molar-refractivity contribution in [3.63, 3.8) is 0 Å². The number of sulfonamides is 1. The Morgan fingerprint density at radius 3 is 2.57 bits per heavy atom. The fourth-order valence-corrected chi connectivity index (χ4v) is 4.68.